The van der Waals surface area contributed by atoms with Crippen LogP contribution in [0.2, 0.25) is 0 Å². The number of carbonyl (C=O) groups is 1. The lowest BCUT2D eigenvalue weighted by molar-refractivity contribution is 0.102. The van der Waals surface area contributed by atoms with Crippen LogP contribution >= 0.6 is 23.5 Å². The van der Waals surface area contributed by atoms with Gasteiger partial charge in [0.2, 0.25) is 5.89 Å². The Morgan fingerprint density at radius 1 is 0.960 bits per heavy atom. The van der Waals surface area contributed by atoms with E-state index in [2.05, 4.69) is 27.6 Å². The number of anilines is 1. The largest absolute Gasteiger partial charge is 0.407 e. The molecule has 0 bridgehead atoms. The standard InChI is InChI=1S/C18H17N3O2S2/c1-24-14-7-3-12(4-8-14)11-16-20-21-18(23-16)19-17(22)13-5-9-15(25-2)10-6-13/h3-10H,11H2,1-2H3,(H,19,21,22). The van der Waals surface area contributed by atoms with Crippen molar-refractivity contribution in [2.45, 2.75) is 16.2 Å². The number of carbonyl (C=O) groups excluding carboxylic acids is 1. The number of amides is 1. The van der Waals surface area contributed by atoms with Crippen molar-refractivity contribution in [2.24, 2.45) is 0 Å². The zero-order valence-corrected chi connectivity index (χ0v) is 15.5. The van der Waals surface area contributed by atoms with E-state index in [9.17, 15) is 4.79 Å². The zero-order chi connectivity index (χ0) is 17.6. The Morgan fingerprint density at radius 3 is 2.16 bits per heavy atom. The van der Waals surface area contributed by atoms with Gasteiger partial charge in [0.15, 0.2) is 0 Å². The van der Waals surface area contributed by atoms with Crippen molar-refractivity contribution < 1.29 is 9.21 Å². The number of benzene rings is 2. The summed E-state index contributed by atoms with van der Waals surface area (Å²) in [6.07, 6.45) is 4.56. The number of nitrogens with zero attached hydrogens (tertiary/aromatic N) is 2. The van der Waals surface area contributed by atoms with Crippen LogP contribution < -0.4 is 5.32 Å². The third-order valence-electron chi connectivity index (χ3n) is 3.55. The van der Waals surface area contributed by atoms with E-state index in [-0.39, 0.29) is 11.9 Å². The third kappa shape index (κ3) is 4.64. The molecule has 128 valence electrons. The van der Waals surface area contributed by atoms with Gasteiger partial charge in [0.25, 0.3) is 5.91 Å². The first-order valence-electron chi connectivity index (χ1n) is 7.58. The predicted molar refractivity (Wildman–Crippen MR) is 102 cm³/mol. The van der Waals surface area contributed by atoms with Crippen LogP contribution in [0.5, 0.6) is 0 Å². The minimum Gasteiger partial charge on any atom is -0.407 e. The lowest BCUT2D eigenvalue weighted by Gasteiger charge is -2.02. The van der Waals surface area contributed by atoms with Crippen molar-refractivity contribution in [2.75, 3.05) is 17.8 Å². The Hall–Kier alpha value is -2.25. The molecule has 0 unspecified atom stereocenters. The Balaban J connectivity index is 1.63. The molecule has 0 saturated carbocycles. The Kier molecular flexibility index (Phi) is 5.78. The van der Waals surface area contributed by atoms with Gasteiger partial charge in [0.05, 0.1) is 6.42 Å². The second-order valence-corrected chi connectivity index (χ2v) is 6.97. The van der Waals surface area contributed by atoms with Gasteiger partial charge in [-0.25, -0.2) is 0 Å². The van der Waals surface area contributed by atoms with Crippen LogP contribution in [0.1, 0.15) is 21.8 Å². The molecular formula is C18H17N3O2S2. The highest BCUT2D eigenvalue weighted by molar-refractivity contribution is 7.98. The van der Waals surface area contributed by atoms with E-state index in [1.54, 1.807) is 35.7 Å². The summed E-state index contributed by atoms with van der Waals surface area (Å²) in [5.41, 5.74) is 1.62. The fourth-order valence-electron chi connectivity index (χ4n) is 2.21. The topological polar surface area (TPSA) is 68.0 Å². The molecule has 0 aliphatic rings. The highest BCUT2D eigenvalue weighted by Crippen LogP contribution is 2.18. The van der Waals surface area contributed by atoms with E-state index in [4.69, 9.17) is 4.42 Å². The molecule has 1 aromatic heterocycles. The average molecular weight is 371 g/mol. The van der Waals surface area contributed by atoms with Crippen LogP contribution in [-0.4, -0.2) is 28.6 Å². The maximum Gasteiger partial charge on any atom is 0.322 e. The molecule has 0 aliphatic carbocycles. The Bertz CT molecular complexity index is 846. The first-order valence-corrected chi connectivity index (χ1v) is 10.0. The summed E-state index contributed by atoms with van der Waals surface area (Å²) in [4.78, 5) is 14.5. The van der Waals surface area contributed by atoms with Crippen LogP contribution in [0, 0.1) is 0 Å². The number of thioether (sulfide) groups is 2. The van der Waals surface area contributed by atoms with Gasteiger partial charge in [0.1, 0.15) is 0 Å². The quantitative estimate of drug-likeness (QED) is 0.650. The van der Waals surface area contributed by atoms with Gasteiger partial charge in [-0.1, -0.05) is 17.2 Å². The predicted octanol–water partition coefficient (Wildman–Crippen LogP) is 4.36. The number of aromatic nitrogens is 2. The van der Waals surface area contributed by atoms with Gasteiger partial charge in [-0.2, -0.15) is 0 Å². The van der Waals surface area contributed by atoms with Crippen molar-refractivity contribution in [1.82, 2.24) is 10.2 Å². The zero-order valence-electron chi connectivity index (χ0n) is 13.9. The summed E-state index contributed by atoms with van der Waals surface area (Å²) in [5, 5.41) is 10.5. The molecule has 0 aliphatic heterocycles. The molecule has 1 amide bonds. The summed E-state index contributed by atoms with van der Waals surface area (Å²) in [6.45, 7) is 0. The summed E-state index contributed by atoms with van der Waals surface area (Å²) >= 11 is 3.32. The molecule has 5 nitrogen and oxygen atoms in total. The lowest BCUT2D eigenvalue weighted by Crippen LogP contribution is -2.11. The van der Waals surface area contributed by atoms with Crippen molar-refractivity contribution in [1.29, 1.82) is 0 Å². The Morgan fingerprint density at radius 2 is 1.56 bits per heavy atom. The Labute approximate surface area is 154 Å². The molecule has 0 spiro atoms. The number of nitrogens with one attached hydrogen (secondary N) is 1. The molecule has 0 saturated heterocycles. The maximum absolute atomic E-state index is 12.2. The van der Waals surface area contributed by atoms with E-state index in [1.807, 2.05) is 36.8 Å². The smallest absolute Gasteiger partial charge is 0.322 e. The average Bonchev–Trinajstić information content (AvgIpc) is 3.09. The molecule has 1 heterocycles. The number of hydrogen-bond acceptors (Lipinski definition) is 6. The van der Waals surface area contributed by atoms with Crippen molar-refractivity contribution in [3.8, 4) is 0 Å². The van der Waals surface area contributed by atoms with Crippen LogP contribution in [0.4, 0.5) is 6.01 Å². The monoisotopic (exact) mass is 371 g/mol. The minimum absolute atomic E-state index is 0.106. The molecule has 2 aromatic carbocycles. The van der Waals surface area contributed by atoms with E-state index in [0.29, 0.717) is 17.9 Å². The summed E-state index contributed by atoms with van der Waals surface area (Å²) in [7, 11) is 0. The van der Waals surface area contributed by atoms with Crippen molar-refractivity contribution in [3.05, 3.63) is 65.5 Å². The van der Waals surface area contributed by atoms with Crippen LogP contribution in [-0.2, 0) is 6.42 Å². The molecule has 1 N–H and O–H groups in total. The lowest BCUT2D eigenvalue weighted by atomic mass is 10.1. The molecule has 25 heavy (non-hydrogen) atoms. The van der Waals surface area contributed by atoms with E-state index in [1.165, 1.54) is 4.90 Å². The van der Waals surface area contributed by atoms with Gasteiger partial charge < -0.3 is 4.42 Å². The molecule has 0 fully saturated rings. The summed E-state index contributed by atoms with van der Waals surface area (Å²) < 4.78 is 5.52. The molecule has 7 heteroatoms. The van der Waals surface area contributed by atoms with Gasteiger partial charge in [-0.3, -0.25) is 10.1 Å². The van der Waals surface area contributed by atoms with E-state index >= 15 is 0 Å². The summed E-state index contributed by atoms with van der Waals surface area (Å²) in [5.74, 6) is 0.192. The van der Waals surface area contributed by atoms with E-state index in [0.717, 1.165) is 10.5 Å². The second-order valence-electron chi connectivity index (χ2n) is 5.21. The van der Waals surface area contributed by atoms with Crippen LogP contribution in [0.25, 0.3) is 0 Å². The van der Waals surface area contributed by atoms with Gasteiger partial charge in [-0.15, -0.1) is 28.6 Å². The molecular weight excluding hydrogens is 354 g/mol. The van der Waals surface area contributed by atoms with Crippen LogP contribution in [0.3, 0.4) is 0 Å². The minimum atomic E-state index is -0.271. The SMILES string of the molecule is CSc1ccc(Cc2nnc(NC(=O)c3ccc(SC)cc3)o2)cc1. The van der Waals surface area contributed by atoms with Crippen molar-refractivity contribution >= 4 is 35.4 Å². The first kappa shape index (κ1) is 17.6. The first-order chi connectivity index (χ1) is 12.2. The van der Waals surface area contributed by atoms with Crippen molar-refractivity contribution in [3.63, 3.8) is 0 Å². The number of rotatable bonds is 6. The fourth-order valence-corrected chi connectivity index (χ4v) is 3.02. The maximum atomic E-state index is 12.2. The molecule has 0 radical (unpaired) electrons. The third-order valence-corrected chi connectivity index (χ3v) is 5.04. The summed E-state index contributed by atoms with van der Waals surface area (Å²) in [6, 6.07) is 15.6. The van der Waals surface area contributed by atoms with E-state index < -0.39 is 0 Å². The second kappa shape index (κ2) is 8.22. The van der Waals surface area contributed by atoms with Gasteiger partial charge in [-0.05, 0) is 54.5 Å². The highest BCUT2D eigenvalue weighted by atomic mass is 32.2. The van der Waals surface area contributed by atoms with Crippen LogP contribution in [0.15, 0.2) is 62.7 Å². The van der Waals surface area contributed by atoms with Gasteiger partial charge in [0, 0.05) is 15.4 Å². The fraction of sp³-hybridized carbons (Fsp3) is 0.167. The molecule has 3 aromatic rings. The number of hydrogen-bond donors (Lipinski definition) is 1. The molecule has 0 atom stereocenters. The molecule has 3 rings (SSSR count). The normalized spacial score (nSPS) is 10.6. The highest BCUT2D eigenvalue weighted by Gasteiger charge is 2.12. The van der Waals surface area contributed by atoms with Gasteiger partial charge >= 0.3 is 6.01 Å².